The Morgan fingerprint density at radius 1 is 0.725 bits per heavy atom. The molecule has 11 nitrogen and oxygen atoms in total. The average Bonchev–Trinajstić information content (AvgIpc) is 3.07. The number of rotatable bonds is 16. The van der Waals surface area contributed by atoms with E-state index in [1.54, 1.807) is 27.7 Å². The van der Waals surface area contributed by atoms with E-state index in [0.29, 0.717) is 0 Å². The summed E-state index contributed by atoms with van der Waals surface area (Å²) in [4.78, 5) is 65.7. The Balaban J connectivity index is 2.08. The van der Waals surface area contributed by atoms with Crippen molar-refractivity contribution >= 4 is 41.4 Å². The first-order valence-corrected chi connectivity index (χ1v) is 17.5. The Labute approximate surface area is 304 Å². The number of carbonyl (C=O) groups is 5. The second-order valence-electron chi connectivity index (χ2n) is 13.8. The van der Waals surface area contributed by atoms with Crippen molar-refractivity contribution in [2.75, 3.05) is 7.11 Å². The molecule has 0 aliphatic heterocycles. The molecule has 3 aromatic carbocycles. The van der Waals surface area contributed by atoms with E-state index in [-0.39, 0.29) is 0 Å². The number of hydrogen-bond acceptors (Lipinski definition) is 8. The maximum atomic E-state index is 14.3. The normalized spacial score (nSPS) is 14.3. The smallest absolute Gasteiger partial charge is 0.331 e. The molecule has 0 spiro atoms. The molecule has 0 aliphatic carbocycles. The number of primary amides is 1. The lowest BCUT2D eigenvalue weighted by atomic mass is 9.84. The minimum absolute atomic E-state index is 0.483. The fourth-order valence-corrected chi connectivity index (χ4v) is 7.78. The zero-order valence-electron chi connectivity index (χ0n) is 30.5. The zero-order chi connectivity index (χ0) is 38.0. The number of methoxy groups -OCH3 is 1. The van der Waals surface area contributed by atoms with Crippen LogP contribution in [-0.2, 0) is 38.2 Å². The highest BCUT2D eigenvalue weighted by atomic mass is 32.2. The van der Waals surface area contributed by atoms with Gasteiger partial charge in [-0.2, -0.15) is 0 Å². The highest BCUT2D eigenvalue weighted by Crippen LogP contribution is 2.54. The second-order valence-corrected chi connectivity index (χ2v) is 15.7. The van der Waals surface area contributed by atoms with E-state index in [2.05, 4.69) is 16.0 Å². The molecule has 0 aliphatic rings. The average molecular weight is 719 g/mol. The van der Waals surface area contributed by atoms with Crippen molar-refractivity contribution in [1.29, 1.82) is 0 Å². The number of carbonyl (C=O) groups excluding carboxylic acids is 5. The van der Waals surface area contributed by atoms with Gasteiger partial charge in [-0.3, -0.25) is 19.2 Å². The van der Waals surface area contributed by atoms with Crippen molar-refractivity contribution in [3.63, 3.8) is 0 Å². The summed E-state index contributed by atoms with van der Waals surface area (Å²) in [5.41, 5.74) is 7.68. The number of hydrogen-bond donors (Lipinski definition) is 4. The van der Waals surface area contributed by atoms with Crippen LogP contribution in [0.1, 0.15) is 71.6 Å². The molecule has 51 heavy (non-hydrogen) atoms. The van der Waals surface area contributed by atoms with Crippen LogP contribution in [0.2, 0.25) is 0 Å². The van der Waals surface area contributed by atoms with E-state index < -0.39 is 75.3 Å². The highest BCUT2D eigenvalue weighted by molar-refractivity contribution is 8.02. The van der Waals surface area contributed by atoms with E-state index in [1.165, 1.54) is 25.8 Å². The van der Waals surface area contributed by atoms with Gasteiger partial charge in [0.25, 0.3) is 0 Å². The van der Waals surface area contributed by atoms with Gasteiger partial charge in [-0.15, -0.1) is 11.8 Å². The number of thioether (sulfide) groups is 1. The monoisotopic (exact) mass is 718 g/mol. The number of nitrogens with one attached hydrogen (secondary N) is 3. The Bertz CT molecular complexity index is 1550. The van der Waals surface area contributed by atoms with E-state index in [9.17, 15) is 24.0 Å². The molecule has 0 heterocycles. The maximum Gasteiger partial charge on any atom is 0.331 e. The van der Waals surface area contributed by atoms with Gasteiger partial charge in [0, 0.05) is 11.7 Å². The first kappa shape index (κ1) is 40.7. The predicted octanol–water partition coefficient (Wildman–Crippen LogP) is 4.22. The maximum absolute atomic E-state index is 14.3. The van der Waals surface area contributed by atoms with Crippen LogP contribution in [0.5, 0.6) is 0 Å². The van der Waals surface area contributed by atoms with Gasteiger partial charge < -0.3 is 31.2 Å². The second kappa shape index (κ2) is 17.5. The van der Waals surface area contributed by atoms with Gasteiger partial charge in [-0.25, -0.2) is 4.79 Å². The van der Waals surface area contributed by atoms with Gasteiger partial charge in [0.15, 0.2) is 6.04 Å². The standard InChI is InChI=1S/C39H50N4O7S/c1-25(50-37(3,4)5)32(36(48)49-8)43-34(46)30(24-31(40)45)42-35(47)33(41-26(2)44)38(6,7)51-39(27-18-12-9-13-19-27,28-20-14-10-15-21-28)29-22-16-11-17-23-29/h9-23,25,30,32-33H,24H2,1-8H3,(H2,40,45)(H,41,44)(H,42,47)(H,43,46)/t25-,30+,32+,33-/m1/s1. The van der Waals surface area contributed by atoms with E-state index in [1.807, 2.05) is 105 Å². The fourth-order valence-electron chi connectivity index (χ4n) is 5.95. The van der Waals surface area contributed by atoms with E-state index >= 15 is 0 Å². The quantitative estimate of drug-likeness (QED) is 0.126. The molecule has 0 saturated heterocycles. The molecule has 0 radical (unpaired) electrons. The van der Waals surface area contributed by atoms with Gasteiger partial charge in [-0.1, -0.05) is 91.0 Å². The molecule has 0 bridgehead atoms. The minimum atomic E-state index is -1.50. The molecule has 3 aromatic rings. The van der Waals surface area contributed by atoms with E-state index in [4.69, 9.17) is 15.2 Å². The lowest BCUT2D eigenvalue weighted by Gasteiger charge is -2.44. The van der Waals surface area contributed by atoms with Crippen molar-refractivity contribution in [3.8, 4) is 0 Å². The molecule has 4 atom stereocenters. The Morgan fingerprint density at radius 3 is 1.55 bits per heavy atom. The molecule has 0 fully saturated rings. The number of benzene rings is 3. The van der Waals surface area contributed by atoms with Crippen molar-refractivity contribution in [2.45, 2.75) is 94.2 Å². The number of nitrogens with two attached hydrogens (primary N) is 1. The Hall–Kier alpha value is -4.68. The van der Waals surface area contributed by atoms with Gasteiger partial charge in [0.2, 0.25) is 23.6 Å². The molecule has 3 rings (SSSR count). The highest BCUT2D eigenvalue weighted by Gasteiger charge is 2.48. The fraction of sp³-hybridized carbons (Fsp3) is 0.410. The molecule has 12 heteroatoms. The third-order valence-corrected chi connectivity index (χ3v) is 9.84. The van der Waals surface area contributed by atoms with Crippen molar-refractivity contribution in [3.05, 3.63) is 108 Å². The number of esters is 1. The van der Waals surface area contributed by atoms with Crippen LogP contribution in [0, 0.1) is 0 Å². The van der Waals surface area contributed by atoms with Crippen LogP contribution in [0.15, 0.2) is 91.0 Å². The summed E-state index contributed by atoms with van der Waals surface area (Å²) in [5.74, 6) is -3.73. The third-order valence-electron chi connectivity index (χ3n) is 8.06. The summed E-state index contributed by atoms with van der Waals surface area (Å²) in [6.45, 7) is 11.9. The zero-order valence-corrected chi connectivity index (χ0v) is 31.3. The van der Waals surface area contributed by atoms with Crippen LogP contribution in [-0.4, -0.2) is 71.3 Å². The first-order valence-electron chi connectivity index (χ1n) is 16.7. The van der Waals surface area contributed by atoms with Crippen LogP contribution in [0.3, 0.4) is 0 Å². The molecule has 5 N–H and O–H groups in total. The lowest BCUT2D eigenvalue weighted by Crippen LogP contribution is -2.62. The van der Waals surface area contributed by atoms with Gasteiger partial charge in [0.05, 0.1) is 30.0 Å². The lowest BCUT2D eigenvalue weighted by molar-refractivity contribution is -0.153. The largest absolute Gasteiger partial charge is 0.467 e. The molecule has 0 aromatic heterocycles. The SMILES string of the molecule is COC(=O)[C@@H](NC(=O)[C@H](CC(N)=O)NC(=O)[C@@H](NC(C)=O)C(C)(C)SC(c1ccccc1)(c1ccccc1)c1ccccc1)[C@@H](C)OC(C)(C)C. The van der Waals surface area contributed by atoms with Gasteiger partial charge in [-0.05, 0) is 58.2 Å². The van der Waals surface area contributed by atoms with Crippen LogP contribution in [0.25, 0.3) is 0 Å². The van der Waals surface area contributed by atoms with Crippen molar-refractivity contribution in [1.82, 2.24) is 16.0 Å². The van der Waals surface area contributed by atoms with E-state index in [0.717, 1.165) is 16.7 Å². The molecule has 0 unspecified atom stereocenters. The predicted molar refractivity (Wildman–Crippen MR) is 198 cm³/mol. The Kier molecular flexibility index (Phi) is 14.0. The van der Waals surface area contributed by atoms with Crippen LogP contribution in [0.4, 0.5) is 0 Å². The van der Waals surface area contributed by atoms with Crippen molar-refractivity contribution in [2.24, 2.45) is 5.73 Å². The first-order chi connectivity index (χ1) is 23.9. The van der Waals surface area contributed by atoms with Crippen LogP contribution < -0.4 is 21.7 Å². The summed E-state index contributed by atoms with van der Waals surface area (Å²) in [6, 6.07) is 25.6. The number of ether oxygens (including phenoxy) is 2. The summed E-state index contributed by atoms with van der Waals surface area (Å²) < 4.78 is 8.87. The van der Waals surface area contributed by atoms with Gasteiger partial charge in [0.1, 0.15) is 12.1 Å². The minimum Gasteiger partial charge on any atom is -0.467 e. The summed E-state index contributed by atoms with van der Waals surface area (Å²) in [6.07, 6.45) is -1.42. The summed E-state index contributed by atoms with van der Waals surface area (Å²) >= 11 is 1.46. The third kappa shape index (κ3) is 10.9. The summed E-state index contributed by atoms with van der Waals surface area (Å²) in [5, 5.41) is 8.00. The molecule has 274 valence electrons. The topological polar surface area (TPSA) is 166 Å². The Morgan fingerprint density at radius 2 is 1.18 bits per heavy atom. The molecular formula is C39H50N4O7S. The summed E-state index contributed by atoms with van der Waals surface area (Å²) in [7, 11) is 1.17. The number of amides is 4. The molecular weight excluding hydrogens is 669 g/mol. The molecule has 4 amide bonds. The molecule has 0 saturated carbocycles. The van der Waals surface area contributed by atoms with Crippen LogP contribution >= 0.6 is 11.8 Å². The van der Waals surface area contributed by atoms with Crippen molar-refractivity contribution < 1.29 is 33.4 Å². The van der Waals surface area contributed by atoms with Gasteiger partial charge >= 0.3 is 5.97 Å².